The Morgan fingerprint density at radius 3 is 2.70 bits per heavy atom. The quantitative estimate of drug-likeness (QED) is 0.727. The number of nitrogens with zero attached hydrogens (tertiary/aromatic N) is 1. The van der Waals surface area contributed by atoms with Crippen molar-refractivity contribution >= 4 is 40.6 Å². The number of rotatable bonds is 6. The number of thioether (sulfide) groups is 1. The number of ether oxygens (including phenoxy) is 2. The Hall–Kier alpha value is -2.64. The van der Waals surface area contributed by atoms with Crippen molar-refractivity contribution in [2.75, 3.05) is 20.3 Å². The van der Waals surface area contributed by atoms with E-state index in [1.807, 2.05) is 0 Å². The Balaban J connectivity index is 1.67. The number of halogens is 1. The largest absolute Gasteiger partial charge is 0.504 e. The molecule has 0 bridgehead atoms. The Kier molecular flexibility index (Phi) is 5.93. The van der Waals surface area contributed by atoms with Gasteiger partial charge < -0.3 is 14.6 Å². The molecule has 1 aliphatic rings. The van der Waals surface area contributed by atoms with E-state index in [4.69, 9.17) is 21.1 Å². The standard InChI is InChI=1S/C19H16ClNO5S/c1-25-16-10-12(6-7-14(16)22)11-17-18(23)21(19(24)27-17)8-9-26-15-5-3-2-4-13(15)20/h2-7,10-11,22H,8-9H2,1H3/b17-11-. The van der Waals surface area contributed by atoms with Gasteiger partial charge in [-0.25, -0.2) is 0 Å². The van der Waals surface area contributed by atoms with Crippen molar-refractivity contribution in [2.45, 2.75) is 0 Å². The van der Waals surface area contributed by atoms with Gasteiger partial charge in [-0.2, -0.15) is 0 Å². The van der Waals surface area contributed by atoms with E-state index in [-0.39, 0.29) is 35.8 Å². The van der Waals surface area contributed by atoms with Crippen molar-refractivity contribution in [1.82, 2.24) is 4.90 Å². The van der Waals surface area contributed by atoms with Gasteiger partial charge in [-0.05, 0) is 47.7 Å². The number of methoxy groups -OCH3 is 1. The van der Waals surface area contributed by atoms with Crippen LogP contribution in [0, 0.1) is 0 Å². The van der Waals surface area contributed by atoms with Crippen LogP contribution in [0.4, 0.5) is 4.79 Å². The fourth-order valence-corrected chi connectivity index (χ4v) is 3.49. The van der Waals surface area contributed by atoms with Gasteiger partial charge in [0.1, 0.15) is 12.4 Å². The summed E-state index contributed by atoms with van der Waals surface area (Å²) in [5, 5.41) is 9.74. The van der Waals surface area contributed by atoms with Crippen molar-refractivity contribution in [3.63, 3.8) is 0 Å². The van der Waals surface area contributed by atoms with Gasteiger partial charge in [-0.15, -0.1) is 0 Å². The zero-order valence-corrected chi connectivity index (χ0v) is 15.9. The highest BCUT2D eigenvalue weighted by Crippen LogP contribution is 2.34. The maximum absolute atomic E-state index is 12.5. The second-order valence-electron chi connectivity index (χ2n) is 5.54. The van der Waals surface area contributed by atoms with Gasteiger partial charge in [0.25, 0.3) is 11.1 Å². The molecule has 2 aromatic rings. The highest BCUT2D eigenvalue weighted by Gasteiger charge is 2.34. The summed E-state index contributed by atoms with van der Waals surface area (Å²) in [7, 11) is 1.44. The number of carbonyl (C=O) groups excluding carboxylic acids is 2. The molecule has 6 nitrogen and oxygen atoms in total. The number of phenols is 1. The van der Waals surface area contributed by atoms with Crippen LogP contribution >= 0.6 is 23.4 Å². The minimum atomic E-state index is -0.389. The Labute approximate surface area is 165 Å². The lowest BCUT2D eigenvalue weighted by atomic mass is 10.2. The molecule has 1 heterocycles. The van der Waals surface area contributed by atoms with Crippen molar-refractivity contribution in [1.29, 1.82) is 0 Å². The van der Waals surface area contributed by atoms with Crippen LogP contribution in [0.15, 0.2) is 47.4 Å². The number of amides is 2. The van der Waals surface area contributed by atoms with Crippen LogP contribution in [-0.2, 0) is 4.79 Å². The molecule has 8 heteroatoms. The molecule has 1 aliphatic heterocycles. The van der Waals surface area contributed by atoms with Crippen LogP contribution in [0.25, 0.3) is 6.08 Å². The van der Waals surface area contributed by atoms with E-state index >= 15 is 0 Å². The Bertz CT molecular complexity index is 915. The molecule has 1 N–H and O–H groups in total. The van der Waals surface area contributed by atoms with Crippen LogP contribution in [-0.4, -0.2) is 41.4 Å². The minimum absolute atomic E-state index is 0.000485. The molecule has 0 unspecified atom stereocenters. The van der Waals surface area contributed by atoms with Gasteiger partial charge >= 0.3 is 0 Å². The van der Waals surface area contributed by atoms with Crippen molar-refractivity contribution in [2.24, 2.45) is 0 Å². The van der Waals surface area contributed by atoms with Gasteiger partial charge in [-0.3, -0.25) is 14.5 Å². The molecule has 3 rings (SSSR count). The summed E-state index contributed by atoms with van der Waals surface area (Å²) in [5.74, 6) is 0.397. The van der Waals surface area contributed by atoms with Crippen molar-refractivity contribution in [3.8, 4) is 17.2 Å². The smallest absolute Gasteiger partial charge is 0.293 e. The predicted octanol–water partition coefficient (Wildman–Crippen LogP) is 4.17. The molecule has 0 aromatic heterocycles. The highest BCUT2D eigenvalue weighted by molar-refractivity contribution is 8.18. The Morgan fingerprint density at radius 2 is 1.96 bits per heavy atom. The van der Waals surface area contributed by atoms with E-state index in [9.17, 15) is 14.7 Å². The predicted molar refractivity (Wildman–Crippen MR) is 104 cm³/mol. The molecule has 2 amide bonds. The van der Waals surface area contributed by atoms with E-state index in [0.29, 0.717) is 21.2 Å². The van der Waals surface area contributed by atoms with E-state index in [2.05, 4.69) is 0 Å². The number of aromatic hydroxyl groups is 1. The first kappa shape index (κ1) is 19.1. The zero-order valence-electron chi connectivity index (χ0n) is 14.3. The van der Waals surface area contributed by atoms with Gasteiger partial charge in [0.05, 0.1) is 23.6 Å². The summed E-state index contributed by atoms with van der Waals surface area (Å²) in [4.78, 5) is 26.1. The van der Waals surface area contributed by atoms with Crippen LogP contribution in [0.5, 0.6) is 17.2 Å². The minimum Gasteiger partial charge on any atom is -0.504 e. The molecule has 0 spiro atoms. The maximum atomic E-state index is 12.5. The average molecular weight is 406 g/mol. The first-order valence-electron chi connectivity index (χ1n) is 7.99. The second-order valence-corrected chi connectivity index (χ2v) is 6.94. The lowest BCUT2D eigenvalue weighted by Crippen LogP contribution is -2.32. The third-order valence-electron chi connectivity index (χ3n) is 3.78. The van der Waals surface area contributed by atoms with Crippen molar-refractivity contribution < 1.29 is 24.2 Å². The number of para-hydroxylation sites is 1. The van der Waals surface area contributed by atoms with Gasteiger partial charge in [-0.1, -0.05) is 29.8 Å². The zero-order chi connectivity index (χ0) is 19.4. The molecule has 0 saturated carbocycles. The van der Waals surface area contributed by atoms with Crippen LogP contribution in [0.1, 0.15) is 5.56 Å². The summed E-state index contributed by atoms with van der Waals surface area (Å²) in [5.41, 5.74) is 0.641. The summed E-state index contributed by atoms with van der Waals surface area (Å²) in [6.07, 6.45) is 1.59. The topological polar surface area (TPSA) is 76.1 Å². The molecule has 2 aromatic carbocycles. The maximum Gasteiger partial charge on any atom is 0.293 e. The molecule has 0 aliphatic carbocycles. The lowest BCUT2D eigenvalue weighted by molar-refractivity contribution is -0.123. The summed E-state index contributed by atoms with van der Waals surface area (Å²) in [6.45, 7) is 0.258. The number of hydrogen-bond acceptors (Lipinski definition) is 6. The van der Waals surface area contributed by atoms with Crippen molar-refractivity contribution in [3.05, 3.63) is 58.0 Å². The molecule has 0 radical (unpaired) electrons. The summed E-state index contributed by atoms with van der Waals surface area (Å²) >= 11 is 6.87. The highest BCUT2D eigenvalue weighted by atomic mass is 35.5. The SMILES string of the molecule is COc1cc(/C=C2\SC(=O)N(CCOc3ccccc3Cl)C2=O)ccc1O. The van der Waals surface area contributed by atoms with Crippen LogP contribution in [0.2, 0.25) is 5.02 Å². The van der Waals surface area contributed by atoms with E-state index < -0.39 is 0 Å². The number of hydrogen-bond donors (Lipinski definition) is 1. The third kappa shape index (κ3) is 4.37. The number of carbonyl (C=O) groups is 2. The van der Waals surface area contributed by atoms with Gasteiger partial charge in [0.2, 0.25) is 0 Å². The molecule has 1 saturated heterocycles. The van der Waals surface area contributed by atoms with Gasteiger partial charge in [0, 0.05) is 0 Å². The van der Waals surface area contributed by atoms with E-state index in [1.165, 1.54) is 13.2 Å². The third-order valence-corrected chi connectivity index (χ3v) is 5.00. The molecule has 27 heavy (non-hydrogen) atoms. The first-order chi connectivity index (χ1) is 13.0. The number of benzene rings is 2. The molecular formula is C19H16ClNO5S. The second kappa shape index (κ2) is 8.37. The number of imide groups is 1. The average Bonchev–Trinajstić information content (AvgIpc) is 2.92. The van der Waals surface area contributed by atoms with Crippen LogP contribution < -0.4 is 9.47 Å². The normalized spacial score (nSPS) is 15.5. The van der Waals surface area contributed by atoms with E-state index in [0.717, 1.165) is 16.7 Å². The fraction of sp³-hybridized carbons (Fsp3) is 0.158. The molecule has 140 valence electrons. The summed E-state index contributed by atoms with van der Waals surface area (Å²) < 4.78 is 10.6. The van der Waals surface area contributed by atoms with Gasteiger partial charge in [0.15, 0.2) is 11.5 Å². The molecule has 1 fully saturated rings. The summed E-state index contributed by atoms with van der Waals surface area (Å²) in [6, 6.07) is 11.7. The van der Waals surface area contributed by atoms with Crippen LogP contribution in [0.3, 0.4) is 0 Å². The Morgan fingerprint density at radius 1 is 1.19 bits per heavy atom. The fourth-order valence-electron chi connectivity index (χ4n) is 2.44. The monoisotopic (exact) mass is 405 g/mol. The molecular weight excluding hydrogens is 390 g/mol. The first-order valence-corrected chi connectivity index (χ1v) is 9.18. The number of phenolic OH excluding ortho intramolecular Hbond substituents is 1. The molecule has 0 atom stereocenters. The van der Waals surface area contributed by atoms with E-state index in [1.54, 1.807) is 42.5 Å². The lowest BCUT2D eigenvalue weighted by Gasteiger charge is -2.13.